The van der Waals surface area contributed by atoms with Gasteiger partial charge in [0.05, 0.1) is 6.21 Å². The lowest BCUT2D eigenvalue weighted by Gasteiger charge is -2.42. The third kappa shape index (κ3) is 4.01. The van der Waals surface area contributed by atoms with Gasteiger partial charge >= 0.3 is 0 Å². The van der Waals surface area contributed by atoms with Crippen LogP contribution in [0.3, 0.4) is 0 Å². The molecule has 120 valence electrons. The van der Waals surface area contributed by atoms with Gasteiger partial charge in [-0.05, 0) is 47.4 Å². The van der Waals surface area contributed by atoms with Crippen molar-refractivity contribution in [3.63, 3.8) is 0 Å². The molecule has 1 saturated carbocycles. The van der Waals surface area contributed by atoms with Gasteiger partial charge < -0.3 is 10.5 Å². The number of rotatable bonds is 4. The maximum Gasteiger partial charge on any atom is 0.223 e. The van der Waals surface area contributed by atoms with Gasteiger partial charge in [0, 0.05) is 17.5 Å². The average Bonchev–Trinajstić information content (AvgIpc) is 2.36. The van der Waals surface area contributed by atoms with Gasteiger partial charge in [-0.2, -0.15) is 0 Å². The van der Waals surface area contributed by atoms with Crippen LogP contribution in [0.5, 0.6) is 0 Å². The Morgan fingerprint density at radius 3 is 2.73 bits per heavy atom. The van der Waals surface area contributed by atoms with Crippen molar-refractivity contribution in [1.29, 1.82) is 0 Å². The number of carbonyl (C=O) groups excluding carboxylic acids is 1. The molecular formula is C17H23ClN2O2. The monoisotopic (exact) mass is 322 g/mol. The molecule has 0 saturated heterocycles. The molecule has 1 aliphatic carbocycles. The number of carbonyl (C=O) groups is 1. The first-order valence-electron chi connectivity index (χ1n) is 7.55. The van der Waals surface area contributed by atoms with Crippen molar-refractivity contribution in [3.05, 3.63) is 34.3 Å². The normalized spacial score (nSPS) is 21.6. The molecule has 1 fully saturated rings. The van der Waals surface area contributed by atoms with Gasteiger partial charge in [0.15, 0.2) is 0 Å². The second-order valence-corrected chi connectivity index (χ2v) is 7.45. The van der Waals surface area contributed by atoms with Crippen LogP contribution in [0.2, 0.25) is 5.02 Å². The lowest BCUT2D eigenvalue weighted by atomic mass is 9.63. The van der Waals surface area contributed by atoms with E-state index < -0.39 is 0 Å². The van der Waals surface area contributed by atoms with E-state index in [1.54, 1.807) is 18.2 Å². The van der Waals surface area contributed by atoms with Crippen molar-refractivity contribution in [1.82, 2.24) is 5.32 Å². The highest BCUT2D eigenvalue weighted by atomic mass is 35.5. The summed E-state index contributed by atoms with van der Waals surface area (Å²) in [5.41, 5.74) is 1.84. The third-order valence-electron chi connectivity index (χ3n) is 4.46. The van der Waals surface area contributed by atoms with Gasteiger partial charge in [-0.1, -0.05) is 43.6 Å². The standard InChI is InChI=1S/C17H23ClN2O2/c1-17(2,3)14-7-12(8-14)16(21)19-10-13-6-11(9-20-22)4-5-15(13)18/h4-6,9,12,14,22H,7-8,10H2,1-3H3,(H,19,21)/b20-9+. The quantitative estimate of drug-likeness (QED) is 0.502. The van der Waals surface area contributed by atoms with Crippen molar-refractivity contribution < 1.29 is 10.0 Å². The maximum atomic E-state index is 12.2. The Balaban J connectivity index is 1.89. The fourth-order valence-electron chi connectivity index (χ4n) is 2.74. The molecule has 1 amide bonds. The molecule has 0 atom stereocenters. The SMILES string of the molecule is CC(C)(C)C1CC(C(=O)NCc2cc(/C=N/O)ccc2Cl)C1. The number of nitrogens with zero attached hydrogens (tertiary/aromatic N) is 1. The van der Waals surface area contributed by atoms with Crippen molar-refractivity contribution in [2.24, 2.45) is 22.4 Å². The zero-order valence-corrected chi connectivity index (χ0v) is 14.0. The van der Waals surface area contributed by atoms with E-state index in [9.17, 15) is 4.79 Å². The number of hydrogen-bond donors (Lipinski definition) is 2. The summed E-state index contributed by atoms with van der Waals surface area (Å²) in [5, 5.41) is 15.1. The molecule has 0 aliphatic heterocycles. The molecule has 0 bridgehead atoms. The Bertz CT molecular complexity index is 573. The third-order valence-corrected chi connectivity index (χ3v) is 4.83. The second kappa shape index (κ2) is 6.69. The van der Waals surface area contributed by atoms with E-state index in [2.05, 4.69) is 31.2 Å². The van der Waals surface area contributed by atoms with Crippen LogP contribution in [0.15, 0.2) is 23.4 Å². The first kappa shape index (κ1) is 16.8. The molecule has 0 heterocycles. The molecule has 1 aromatic carbocycles. The first-order chi connectivity index (χ1) is 10.3. The molecule has 5 heteroatoms. The van der Waals surface area contributed by atoms with Crippen LogP contribution in [-0.4, -0.2) is 17.3 Å². The van der Waals surface area contributed by atoms with Crippen LogP contribution in [0.25, 0.3) is 0 Å². The smallest absolute Gasteiger partial charge is 0.223 e. The van der Waals surface area contributed by atoms with Crippen molar-refractivity contribution in [3.8, 4) is 0 Å². The molecule has 1 aromatic rings. The summed E-state index contributed by atoms with van der Waals surface area (Å²) in [5.74, 6) is 0.832. The number of amides is 1. The van der Waals surface area contributed by atoms with Gasteiger partial charge in [-0.15, -0.1) is 0 Å². The van der Waals surface area contributed by atoms with E-state index >= 15 is 0 Å². The summed E-state index contributed by atoms with van der Waals surface area (Å²) in [7, 11) is 0. The summed E-state index contributed by atoms with van der Waals surface area (Å²) in [6, 6.07) is 5.30. The van der Waals surface area contributed by atoms with Crippen molar-refractivity contribution in [2.45, 2.75) is 40.2 Å². The van der Waals surface area contributed by atoms with E-state index in [1.807, 2.05) is 0 Å². The van der Waals surface area contributed by atoms with Gasteiger partial charge in [-0.25, -0.2) is 0 Å². The minimum absolute atomic E-state index is 0.0952. The predicted molar refractivity (Wildman–Crippen MR) is 88.3 cm³/mol. The molecule has 0 radical (unpaired) electrons. The minimum atomic E-state index is 0.0952. The Morgan fingerprint density at radius 2 is 2.14 bits per heavy atom. The number of hydrogen-bond acceptors (Lipinski definition) is 3. The average molecular weight is 323 g/mol. The van der Waals surface area contributed by atoms with E-state index in [0.717, 1.165) is 24.0 Å². The number of benzene rings is 1. The topological polar surface area (TPSA) is 61.7 Å². The van der Waals surface area contributed by atoms with Crippen LogP contribution in [0.1, 0.15) is 44.7 Å². The van der Waals surface area contributed by atoms with Crippen LogP contribution in [-0.2, 0) is 11.3 Å². The van der Waals surface area contributed by atoms with E-state index in [0.29, 0.717) is 17.5 Å². The van der Waals surface area contributed by atoms with Crippen LogP contribution < -0.4 is 5.32 Å². The Labute approximate surface area is 136 Å². The molecule has 2 rings (SSSR count). The number of nitrogens with one attached hydrogen (secondary N) is 1. The highest BCUT2D eigenvalue weighted by Crippen LogP contribution is 2.45. The highest BCUT2D eigenvalue weighted by Gasteiger charge is 2.40. The lowest BCUT2D eigenvalue weighted by molar-refractivity contribution is -0.130. The minimum Gasteiger partial charge on any atom is -0.411 e. The van der Waals surface area contributed by atoms with Gasteiger partial charge in [0.25, 0.3) is 0 Å². The lowest BCUT2D eigenvalue weighted by Crippen LogP contribution is -2.42. The molecule has 2 N–H and O–H groups in total. The molecule has 22 heavy (non-hydrogen) atoms. The Morgan fingerprint density at radius 1 is 1.45 bits per heavy atom. The second-order valence-electron chi connectivity index (χ2n) is 7.04. The van der Waals surface area contributed by atoms with Crippen LogP contribution in [0, 0.1) is 17.3 Å². The fourth-order valence-corrected chi connectivity index (χ4v) is 2.93. The Kier molecular flexibility index (Phi) is 5.12. The zero-order chi connectivity index (χ0) is 16.3. The van der Waals surface area contributed by atoms with E-state index in [-0.39, 0.29) is 17.2 Å². The fraction of sp³-hybridized carbons (Fsp3) is 0.529. The number of oxime groups is 1. The summed E-state index contributed by atoms with van der Waals surface area (Å²) < 4.78 is 0. The van der Waals surface area contributed by atoms with E-state index in [4.69, 9.17) is 16.8 Å². The summed E-state index contributed by atoms with van der Waals surface area (Å²) in [6.45, 7) is 7.06. The summed E-state index contributed by atoms with van der Waals surface area (Å²) in [6.07, 6.45) is 3.25. The largest absolute Gasteiger partial charge is 0.411 e. The van der Waals surface area contributed by atoms with E-state index in [1.165, 1.54) is 6.21 Å². The molecular weight excluding hydrogens is 300 g/mol. The molecule has 0 spiro atoms. The van der Waals surface area contributed by atoms with Gasteiger partial charge in [-0.3, -0.25) is 4.79 Å². The van der Waals surface area contributed by atoms with Gasteiger partial charge in [0.2, 0.25) is 5.91 Å². The first-order valence-corrected chi connectivity index (χ1v) is 7.92. The van der Waals surface area contributed by atoms with Crippen LogP contribution in [0.4, 0.5) is 0 Å². The van der Waals surface area contributed by atoms with Gasteiger partial charge in [0.1, 0.15) is 0 Å². The maximum absolute atomic E-state index is 12.2. The zero-order valence-electron chi connectivity index (χ0n) is 13.3. The molecule has 0 unspecified atom stereocenters. The Hall–Kier alpha value is -1.55. The van der Waals surface area contributed by atoms with Crippen molar-refractivity contribution in [2.75, 3.05) is 0 Å². The summed E-state index contributed by atoms with van der Waals surface area (Å²) >= 11 is 6.13. The predicted octanol–water partition coefficient (Wildman–Crippen LogP) is 3.84. The summed E-state index contributed by atoms with van der Waals surface area (Å²) in [4.78, 5) is 12.2. The molecule has 4 nitrogen and oxygen atoms in total. The van der Waals surface area contributed by atoms with Crippen LogP contribution >= 0.6 is 11.6 Å². The molecule has 0 aromatic heterocycles. The highest BCUT2D eigenvalue weighted by molar-refractivity contribution is 6.31. The molecule has 1 aliphatic rings. The van der Waals surface area contributed by atoms with Crippen molar-refractivity contribution >= 4 is 23.7 Å². The number of halogens is 1.